The molecule has 2 N–H and O–H groups in total. The summed E-state index contributed by atoms with van der Waals surface area (Å²) in [6, 6.07) is -0.378. The highest BCUT2D eigenvalue weighted by Gasteiger charge is 2.48. The Kier molecular flexibility index (Phi) is 4.71. The molecule has 2 unspecified atom stereocenters. The Morgan fingerprint density at radius 1 is 1.50 bits per heavy atom. The molecule has 1 saturated heterocycles. The Morgan fingerprint density at radius 2 is 2.20 bits per heavy atom. The van der Waals surface area contributed by atoms with Gasteiger partial charge in [-0.3, -0.25) is 4.79 Å². The van der Waals surface area contributed by atoms with E-state index in [4.69, 9.17) is 10.5 Å². The second-order valence-corrected chi connectivity index (χ2v) is 8.20. The quantitative estimate of drug-likeness (QED) is 0.671. The maximum absolute atomic E-state index is 12.3. The third-order valence-corrected chi connectivity index (χ3v) is 6.19. The lowest BCUT2D eigenvalue weighted by molar-refractivity contribution is -0.141. The van der Waals surface area contributed by atoms with Gasteiger partial charge >= 0.3 is 5.97 Å². The van der Waals surface area contributed by atoms with Crippen molar-refractivity contribution in [2.24, 2.45) is 17.1 Å². The van der Waals surface area contributed by atoms with Crippen molar-refractivity contribution in [3.8, 4) is 0 Å². The smallest absolute Gasteiger partial charge is 0.306 e. The average Bonchev–Trinajstić information content (AvgIpc) is 2.91. The van der Waals surface area contributed by atoms with Crippen LogP contribution in [0.5, 0.6) is 0 Å². The molecule has 116 valence electrons. The molecule has 2 fully saturated rings. The SMILES string of the molecule is COC(=O)CC1(CS(=O)(=O)CC(N)C2CCOC2)CC1. The summed E-state index contributed by atoms with van der Waals surface area (Å²) >= 11 is 0. The summed E-state index contributed by atoms with van der Waals surface area (Å²) in [7, 11) is -1.93. The fourth-order valence-corrected chi connectivity index (χ4v) is 5.07. The van der Waals surface area contributed by atoms with E-state index in [1.54, 1.807) is 0 Å². The lowest BCUT2D eigenvalue weighted by atomic mass is 10.0. The summed E-state index contributed by atoms with van der Waals surface area (Å²) in [5.41, 5.74) is 5.58. The largest absolute Gasteiger partial charge is 0.469 e. The fraction of sp³-hybridized carbons (Fsp3) is 0.923. The molecule has 1 aliphatic carbocycles. The number of esters is 1. The van der Waals surface area contributed by atoms with Crippen molar-refractivity contribution in [2.45, 2.75) is 31.7 Å². The minimum atomic E-state index is -3.26. The van der Waals surface area contributed by atoms with Gasteiger partial charge in [-0.2, -0.15) is 0 Å². The van der Waals surface area contributed by atoms with Crippen molar-refractivity contribution in [1.29, 1.82) is 0 Å². The first-order chi connectivity index (χ1) is 9.36. The second kappa shape index (κ2) is 5.99. The second-order valence-electron chi connectivity index (χ2n) is 6.10. The molecule has 1 saturated carbocycles. The zero-order valence-corrected chi connectivity index (χ0v) is 12.7. The minimum Gasteiger partial charge on any atom is -0.469 e. The van der Waals surface area contributed by atoms with Gasteiger partial charge in [0, 0.05) is 18.6 Å². The number of methoxy groups -OCH3 is 1. The number of hydrogen-bond donors (Lipinski definition) is 1. The monoisotopic (exact) mass is 305 g/mol. The maximum Gasteiger partial charge on any atom is 0.306 e. The number of rotatable bonds is 7. The molecule has 2 aliphatic rings. The Hall–Kier alpha value is -0.660. The first kappa shape index (κ1) is 15.7. The van der Waals surface area contributed by atoms with Gasteiger partial charge in [-0.1, -0.05) is 0 Å². The summed E-state index contributed by atoms with van der Waals surface area (Å²) in [5.74, 6) is -0.202. The van der Waals surface area contributed by atoms with Crippen LogP contribution in [0.15, 0.2) is 0 Å². The van der Waals surface area contributed by atoms with E-state index < -0.39 is 15.3 Å². The normalized spacial score (nSPS) is 26.2. The van der Waals surface area contributed by atoms with E-state index in [0.29, 0.717) is 13.2 Å². The van der Waals surface area contributed by atoms with Crippen molar-refractivity contribution < 1.29 is 22.7 Å². The Labute approximate surface area is 119 Å². The van der Waals surface area contributed by atoms with Gasteiger partial charge in [0.05, 0.1) is 31.6 Å². The van der Waals surface area contributed by atoms with Gasteiger partial charge < -0.3 is 15.2 Å². The summed E-state index contributed by atoms with van der Waals surface area (Å²) in [6.45, 7) is 1.20. The predicted octanol–water partition coefficient (Wildman–Crippen LogP) is 0.108. The molecule has 0 spiro atoms. The minimum absolute atomic E-state index is 0.0239. The van der Waals surface area contributed by atoms with E-state index in [1.165, 1.54) is 7.11 Å². The van der Waals surface area contributed by atoms with Gasteiger partial charge in [-0.25, -0.2) is 8.42 Å². The summed E-state index contributed by atoms with van der Waals surface area (Å²) in [5, 5.41) is 0. The van der Waals surface area contributed by atoms with Crippen LogP contribution in [0.2, 0.25) is 0 Å². The van der Waals surface area contributed by atoms with Gasteiger partial charge in [0.1, 0.15) is 0 Å². The molecule has 20 heavy (non-hydrogen) atoms. The van der Waals surface area contributed by atoms with E-state index in [2.05, 4.69) is 4.74 Å². The van der Waals surface area contributed by atoms with Crippen LogP contribution in [0.4, 0.5) is 0 Å². The maximum atomic E-state index is 12.3. The van der Waals surface area contributed by atoms with Crippen LogP contribution in [0, 0.1) is 11.3 Å². The number of carbonyl (C=O) groups is 1. The molecule has 2 rings (SSSR count). The standard InChI is InChI=1S/C13H23NO5S/c1-18-12(15)6-13(3-4-13)9-20(16,17)8-11(14)10-2-5-19-7-10/h10-11H,2-9,14H2,1H3. The summed E-state index contributed by atoms with van der Waals surface area (Å²) in [4.78, 5) is 11.3. The van der Waals surface area contributed by atoms with E-state index in [9.17, 15) is 13.2 Å². The van der Waals surface area contributed by atoms with Crippen LogP contribution in [0.25, 0.3) is 0 Å². The Morgan fingerprint density at radius 3 is 2.70 bits per heavy atom. The zero-order chi connectivity index (χ0) is 14.8. The first-order valence-corrected chi connectivity index (χ1v) is 8.79. The lowest BCUT2D eigenvalue weighted by Gasteiger charge is -2.20. The van der Waals surface area contributed by atoms with Gasteiger partial charge in [0.15, 0.2) is 9.84 Å². The molecule has 0 radical (unpaired) electrons. The first-order valence-electron chi connectivity index (χ1n) is 6.96. The molecule has 1 heterocycles. The highest BCUT2D eigenvalue weighted by atomic mass is 32.2. The van der Waals surface area contributed by atoms with E-state index in [0.717, 1.165) is 19.3 Å². The Balaban J connectivity index is 1.88. The molecule has 0 aromatic carbocycles. The number of nitrogens with two attached hydrogens (primary N) is 1. The van der Waals surface area contributed by atoms with Crippen LogP contribution in [-0.4, -0.2) is 52.3 Å². The molecule has 0 aromatic rings. The molecule has 1 aliphatic heterocycles. The molecule has 7 heteroatoms. The third-order valence-electron chi connectivity index (χ3n) is 4.25. The molecule has 2 atom stereocenters. The lowest BCUT2D eigenvalue weighted by Crippen LogP contribution is -2.39. The highest BCUT2D eigenvalue weighted by Crippen LogP contribution is 2.50. The van der Waals surface area contributed by atoms with Gasteiger partial charge in [0.2, 0.25) is 0 Å². The number of ether oxygens (including phenoxy) is 2. The number of hydrogen-bond acceptors (Lipinski definition) is 6. The van der Waals surface area contributed by atoms with Gasteiger partial charge in [0.25, 0.3) is 0 Å². The fourth-order valence-electron chi connectivity index (χ4n) is 2.77. The van der Waals surface area contributed by atoms with Crippen LogP contribution in [0.3, 0.4) is 0 Å². The topological polar surface area (TPSA) is 95.7 Å². The Bertz CT molecular complexity index is 451. The zero-order valence-electron chi connectivity index (χ0n) is 11.8. The van der Waals surface area contributed by atoms with Crippen LogP contribution in [-0.2, 0) is 24.1 Å². The number of sulfone groups is 1. The van der Waals surface area contributed by atoms with Crippen LogP contribution in [0.1, 0.15) is 25.7 Å². The van der Waals surface area contributed by atoms with E-state index in [-0.39, 0.29) is 35.9 Å². The van der Waals surface area contributed by atoms with Gasteiger partial charge in [-0.05, 0) is 24.7 Å². The molecule has 0 bridgehead atoms. The van der Waals surface area contributed by atoms with Gasteiger partial charge in [-0.15, -0.1) is 0 Å². The molecular formula is C13H23NO5S. The van der Waals surface area contributed by atoms with Crippen molar-refractivity contribution in [3.05, 3.63) is 0 Å². The molecular weight excluding hydrogens is 282 g/mol. The summed E-state index contributed by atoms with van der Waals surface area (Å²) in [6.07, 6.45) is 2.54. The van der Waals surface area contributed by atoms with Crippen molar-refractivity contribution in [1.82, 2.24) is 0 Å². The predicted molar refractivity (Wildman–Crippen MR) is 73.9 cm³/mol. The van der Waals surface area contributed by atoms with E-state index >= 15 is 0 Å². The number of carbonyl (C=O) groups excluding carboxylic acids is 1. The molecule has 6 nitrogen and oxygen atoms in total. The van der Waals surface area contributed by atoms with E-state index in [1.807, 2.05) is 0 Å². The van der Waals surface area contributed by atoms with Crippen LogP contribution >= 0.6 is 0 Å². The average molecular weight is 305 g/mol. The third kappa shape index (κ3) is 4.17. The van der Waals surface area contributed by atoms with Crippen molar-refractivity contribution in [3.63, 3.8) is 0 Å². The van der Waals surface area contributed by atoms with Crippen molar-refractivity contribution in [2.75, 3.05) is 31.8 Å². The molecule has 0 aromatic heterocycles. The van der Waals surface area contributed by atoms with Crippen LogP contribution < -0.4 is 5.73 Å². The highest BCUT2D eigenvalue weighted by molar-refractivity contribution is 7.91. The molecule has 0 amide bonds. The van der Waals surface area contributed by atoms with Crippen molar-refractivity contribution >= 4 is 15.8 Å². The summed E-state index contributed by atoms with van der Waals surface area (Å²) < 4.78 is 34.4.